The van der Waals surface area contributed by atoms with Gasteiger partial charge >= 0.3 is 29.6 Å². The van der Waals surface area contributed by atoms with Crippen LogP contribution in [0.2, 0.25) is 15.1 Å². The second-order valence-corrected chi connectivity index (χ2v) is 8.91. The van der Waals surface area contributed by atoms with Gasteiger partial charge in [-0.05, 0) is 55.8 Å². The van der Waals surface area contributed by atoms with Crippen molar-refractivity contribution in [2.45, 2.75) is 19.3 Å². The number of hydrogen-bond donors (Lipinski definition) is 0. The van der Waals surface area contributed by atoms with Crippen molar-refractivity contribution in [1.82, 2.24) is 0 Å². The van der Waals surface area contributed by atoms with Gasteiger partial charge in [-0.1, -0.05) is 40.9 Å². The van der Waals surface area contributed by atoms with Crippen molar-refractivity contribution in [2.75, 3.05) is 18.1 Å². The number of ether oxygens (including phenoxy) is 2. The standard InChI is InChI=1S/C25H20Cl3NO5.Na/c1-2-29(17-11-15(26)10-16(27)12-17)24(30)14-3-6-22(21(28)9-14)34-18-4-5-19-20(25(31)32)7-8-33-23(19)13-18;/h3-6,9-13,20H,2,7-8H2,1H3,(H,31,32);/q;+1/p-1. The molecule has 10 heteroatoms. The number of carboxylic acids is 1. The summed E-state index contributed by atoms with van der Waals surface area (Å²) in [4.78, 5) is 26.0. The van der Waals surface area contributed by atoms with Gasteiger partial charge in [0.25, 0.3) is 5.91 Å². The maximum atomic E-state index is 13.1. The largest absolute Gasteiger partial charge is 1.00 e. The summed E-state index contributed by atoms with van der Waals surface area (Å²) in [5.41, 5.74) is 1.48. The van der Waals surface area contributed by atoms with E-state index in [1.807, 2.05) is 6.92 Å². The van der Waals surface area contributed by atoms with Crippen LogP contribution in [0.25, 0.3) is 0 Å². The van der Waals surface area contributed by atoms with Gasteiger partial charge in [-0.15, -0.1) is 0 Å². The van der Waals surface area contributed by atoms with E-state index in [4.69, 9.17) is 44.3 Å². The van der Waals surface area contributed by atoms with Crippen LogP contribution in [0.3, 0.4) is 0 Å². The van der Waals surface area contributed by atoms with E-state index in [9.17, 15) is 14.7 Å². The van der Waals surface area contributed by atoms with Crippen molar-refractivity contribution in [2.24, 2.45) is 0 Å². The summed E-state index contributed by atoms with van der Waals surface area (Å²) in [5.74, 6) is -0.948. The molecule has 0 saturated carbocycles. The van der Waals surface area contributed by atoms with E-state index in [2.05, 4.69) is 0 Å². The van der Waals surface area contributed by atoms with E-state index in [1.54, 1.807) is 53.4 Å². The Morgan fingerprint density at radius 2 is 1.77 bits per heavy atom. The average molecular weight is 543 g/mol. The Morgan fingerprint density at radius 3 is 2.40 bits per heavy atom. The summed E-state index contributed by atoms with van der Waals surface area (Å²) in [6.45, 7) is 2.51. The van der Waals surface area contributed by atoms with E-state index in [1.165, 1.54) is 6.07 Å². The molecule has 0 fully saturated rings. The number of halogens is 3. The van der Waals surface area contributed by atoms with Crippen LogP contribution in [0.15, 0.2) is 54.6 Å². The molecule has 1 atom stereocenters. The smallest absolute Gasteiger partial charge is 0.549 e. The molecule has 0 aliphatic carbocycles. The van der Waals surface area contributed by atoms with Gasteiger partial charge in [0.15, 0.2) is 0 Å². The van der Waals surface area contributed by atoms with Crippen molar-refractivity contribution >= 4 is 52.4 Å². The zero-order valence-corrected chi connectivity index (χ0v) is 23.3. The topological polar surface area (TPSA) is 78.9 Å². The predicted octanol–water partition coefficient (Wildman–Crippen LogP) is 2.73. The van der Waals surface area contributed by atoms with Crippen LogP contribution in [0, 0.1) is 0 Å². The molecule has 3 aromatic carbocycles. The van der Waals surface area contributed by atoms with Gasteiger partial charge < -0.3 is 24.3 Å². The molecule has 1 unspecified atom stereocenters. The predicted molar refractivity (Wildman–Crippen MR) is 130 cm³/mol. The van der Waals surface area contributed by atoms with Crippen molar-refractivity contribution < 1.29 is 53.7 Å². The van der Waals surface area contributed by atoms with Gasteiger partial charge in [0.1, 0.15) is 17.2 Å². The summed E-state index contributed by atoms with van der Waals surface area (Å²) in [6, 6.07) is 14.5. The number of carbonyl (C=O) groups is 2. The van der Waals surface area contributed by atoms with Gasteiger partial charge in [0, 0.05) is 51.4 Å². The molecule has 0 aromatic heterocycles. The van der Waals surface area contributed by atoms with Crippen LogP contribution in [-0.4, -0.2) is 25.0 Å². The normalized spacial score (nSPS) is 14.2. The van der Waals surface area contributed by atoms with Crippen LogP contribution in [0.5, 0.6) is 17.2 Å². The van der Waals surface area contributed by atoms with Gasteiger partial charge in [-0.2, -0.15) is 0 Å². The van der Waals surface area contributed by atoms with Gasteiger partial charge in [0.2, 0.25) is 0 Å². The fourth-order valence-electron chi connectivity index (χ4n) is 3.82. The molecular weight excluding hydrogens is 524 g/mol. The summed E-state index contributed by atoms with van der Waals surface area (Å²) in [5, 5.41) is 12.4. The van der Waals surface area contributed by atoms with Gasteiger partial charge in [-0.3, -0.25) is 4.79 Å². The zero-order chi connectivity index (χ0) is 24.4. The number of amides is 1. The molecule has 4 rings (SSSR count). The SMILES string of the molecule is CCN(C(=O)c1ccc(Oc2ccc3c(c2)OCCC3C(=O)[O-])c(Cl)c1)c1cc(Cl)cc(Cl)c1.[Na+]. The third-order valence-electron chi connectivity index (χ3n) is 5.44. The molecule has 0 radical (unpaired) electrons. The number of rotatable bonds is 6. The maximum absolute atomic E-state index is 13.1. The van der Waals surface area contributed by atoms with Crippen LogP contribution in [0.4, 0.5) is 5.69 Å². The number of fused-ring (bicyclic) bond motifs is 1. The van der Waals surface area contributed by atoms with Crippen molar-refractivity contribution in [3.8, 4) is 17.2 Å². The average Bonchev–Trinajstić information content (AvgIpc) is 2.79. The molecule has 0 spiro atoms. The summed E-state index contributed by atoms with van der Waals surface area (Å²) < 4.78 is 11.5. The zero-order valence-electron chi connectivity index (χ0n) is 19.0. The first kappa shape index (κ1) is 27.7. The second-order valence-electron chi connectivity index (χ2n) is 7.63. The molecule has 0 saturated heterocycles. The molecule has 1 heterocycles. The molecule has 176 valence electrons. The Kier molecular flexibility index (Phi) is 9.38. The fourth-order valence-corrected chi connectivity index (χ4v) is 4.55. The number of anilines is 1. The van der Waals surface area contributed by atoms with E-state index in [0.29, 0.717) is 57.1 Å². The first-order valence-electron chi connectivity index (χ1n) is 10.5. The summed E-state index contributed by atoms with van der Waals surface area (Å²) >= 11 is 18.6. The number of hydrogen-bond acceptors (Lipinski definition) is 5. The molecule has 6 nitrogen and oxygen atoms in total. The molecule has 3 aromatic rings. The van der Waals surface area contributed by atoms with Crippen molar-refractivity contribution in [1.29, 1.82) is 0 Å². The van der Waals surface area contributed by atoms with Crippen LogP contribution in [-0.2, 0) is 4.79 Å². The first-order chi connectivity index (χ1) is 16.3. The maximum Gasteiger partial charge on any atom is 1.00 e. The fraction of sp³-hybridized carbons (Fsp3) is 0.200. The number of nitrogens with zero attached hydrogens (tertiary/aromatic N) is 1. The van der Waals surface area contributed by atoms with Crippen LogP contribution >= 0.6 is 34.8 Å². The van der Waals surface area contributed by atoms with Crippen LogP contribution < -0.4 is 49.0 Å². The first-order valence-corrected chi connectivity index (χ1v) is 11.6. The summed E-state index contributed by atoms with van der Waals surface area (Å²) in [6.07, 6.45) is 0.354. The number of benzene rings is 3. The molecule has 0 bridgehead atoms. The Hall–Kier alpha value is -1.93. The van der Waals surface area contributed by atoms with Crippen molar-refractivity contribution in [3.05, 3.63) is 80.8 Å². The number of carbonyl (C=O) groups excluding carboxylic acids is 2. The minimum absolute atomic E-state index is 0. The monoisotopic (exact) mass is 541 g/mol. The molecule has 1 amide bonds. The molecule has 1 aliphatic rings. The molecule has 1 aliphatic heterocycles. The molecule has 35 heavy (non-hydrogen) atoms. The summed E-state index contributed by atoms with van der Waals surface area (Å²) in [7, 11) is 0. The Morgan fingerprint density at radius 1 is 1.06 bits per heavy atom. The number of aliphatic carboxylic acids is 1. The molecular formula is C25H19Cl3NNaO5. The third kappa shape index (κ3) is 6.26. The van der Waals surface area contributed by atoms with Gasteiger partial charge in [-0.25, -0.2) is 0 Å². The number of carboxylic acid groups (broad SMARTS) is 1. The third-order valence-corrected chi connectivity index (χ3v) is 6.17. The Labute approximate surface area is 240 Å². The van der Waals surface area contributed by atoms with E-state index in [-0.39, 0.29) is 47.1 Å². The quantitative estimate of drug-likeness (QED) is 0.448. The van der Waals surface area contributed by atoms with Crippen LogP contribution in [0.1, 0.15) is 35.2 Å². The molecule has 0 N–H and O–H groups in total. The second kappa shape index (κ2) is 11.9. The Balaban J connectivity index is 0.00000342. The minimum Gasteiger partial charge on any atom is -0.549 e. The van der Waals surface area contributed by atoms with Gasteiger partial charge in [0.05, 0.1) is 11.6 Å². The van der Waals surface area contributed by atoms with Crippen molar-refractivity contribution in [3.63, 3.8) is 0 Å². The van der Waals surface area contributed by atoms with E-state index in [0.717, 1.165) is 0 Å². The Bertz CT molecular complexity index is 1250. The minimum atomic E-state index is -1.14. The van der Waals surface area contributed by atoms with E-state index < -0.39 is 11.9 Å². The van der Waals surface area contributed by atoms with E-state index >= 15 is 0 Å².